The van der Waals surface area contributed by atoms with E-state index in [4.69, 9.17) is 14.9 Å². The number of hydrogen-bond acceptors (Lipinski definition) is 8. The van der Waals surface area contributed by atoms with Crippen molar-refractivity contribution in [2.24, 2.45) is 5.92 Å². The van der Waals surface area contributed by atoms with Gasteiger partial charge in [-0.15, -0.1) is 5.10 Å². The third-order valence-electron chi connectivity index (χ3n) is 5.81. The fourth-order valence-electron chi connectivity index (χ4n) is 4.05. The van der Waals surface area contributed by atoms with Crippen molar-refractivity contribution < 1.29 is 42.5 Å². The number of nitrogens with zero attached hydrogens (tertiary/aromatic N) is 4. The summed E-state index contributed by atoms with van der Waals surface area (Å²) >= 11 is 0. The number of carbonyl (C=O) groups excluding carboxylic acids is 1. The van der Waals surface area contributed by atoms with Crippen LogP contribution in [0.15, 0.2) is 36.5 Å². The lowest BCUT2D eigenvalue weighted by molar-refractivity contribution is -0.176. The van der Waals surface area contributed by atoms with Gasteiger partial charge in [0.1, 0.15) is 5.82 Å². The molecule has 1 fully saturated rings. The Morgan fingerprint density at radius 3 is 2.47 bits per heavy atom. The van der Waals surface area contributed by atoms with Gasteiger partial charge in [0.25, 0.3) is 5.91 Å². The predicted molar refractivity (Wildman–Crippen MR) is 128 cm³/mol. The highest BCUT2D eigenvalue weighted by Gasteiger charge is 2.42. The van der Waals surface area contributed by atoms with Gasteiger partial charge in [-0.05, 0) is 43.0 Å². The summed E-state index contributed by atoms with van der Waals surface area (Å²) in [6.45, 7) is 1.23. The lowest BCUT2D eigenvalue weighted by Gasteiger charge is -2.35. The van der Waals surface area contributed by atoms with E-state index < -0.39 is 24.0 Å². The molecule has 3 N–H and O–H groups in total. The van der Waals surface area contributed by atoms with E-state index in [2.05, 4.69) is 20.5 Å². The number of nitrogens with one attached hydrogen (secondary N) is 1. The van der Waals surface area contributed by atoms with E-state index in [1.165, 1.54) is 6.20 Å². The molecule has 38 heavy (non-hydrogen) atoms. The van der Waals surface area contributed by atoms with Crippen LogP contribution in [0.1, 0.15) is 34.5 Å². The number of carbonyl (C=O) groups is 3. The number of anilines is 2. The van der Waals surface area contributed by atoms with Crippen LogP contribution in [-0.2, 0) is 27.2 Å². The first-order chi connectivity index (χ1) is 18.0. The van der Waals surface area contributed by atoms with Crippen molar-refractivity contribution in [3.05, 3.63) is 53.4 Å². The molecule has 2 aromatic heterocycles. The average molecular weight is 537 g/mol. The van der Waals surface area contributed by atoms with Crippen LogP contribution in [0.2, 0.25) is 0 Å². The first-order valence-corrected chi connectivity index (χ1v) is 11.7. The van der Waals surface area contributed by atoms with E-state index in [0.717, 1.165) is 5.56 Å². The quantitative estimate of drug-likeness (QED) is 0.485. The monoisotopic (exact) mass is 537 g/mol. The van der Waals surface area contributed by atoms with Gasteiger partial charge in [0, 0.05) is 49.1 Å². The van der Waals surface area contributed by atoms with Gasteiger partial charge in [-0.1, -0.05) is 0 Å². The van der Waals surface area contributed by atoms with E-state index in [1.54, 1.807) is 23.1 Å². The molecule has 0 spiro atoms. The Hall–Kier alpha value is -4.07. The zero-order chi connectivity index (χ0) is 27.7. The van der Waals surface area contributed by atoms with E-state index in [1.807, 2.05) is 0 Å². The van der Waals surface area contributed by atoms with Crippen molar-refractivity contribution in [2.45, 2.75) is 31.9 Å². The minimum absolute atomic E-state index is 0.110. The fraction of sp³-hybridized carbons (Fsp3) is 0.417. The second-order valence-electron chi connectivity index (χ2n) is 8.47. The van der Waals surface area contributed by atoms with E-state index in [9.17, 15) is 27.6 Å². The molecule has 1 saturated heterocycles. The summed E-state index contributed by atoms with van der Waals surface area (Å²) < 4.78 is 45.3. The number of ether oxygens (including phenoxy) is 1. The normalized spacial score (nSPS) is 17.6. The van der Waals surface area contributed by atoms with Crippen LogP contribution < -0.4 is 10.2 Å². The number of aliphatic carboxylic acids is 2. The number of halogens is 3. The fourth-order valence-corrected chi connectivity index (χ4v) is 4.05. The third kappa shape index (κ3) is 8.23. The molecular weight excluding hydrogens is 511 g/mol. The molecule has 0 aromatic carbocycles. The van der Waals surface area contributed by atoms with Crippen molar-refractivity contribution >= 4 is 29.5 Å². The van der Waals surface area contributed by atoms with E-state index in [0.29, 0.717) is 74.1 Å². The van der Waals surface area contributed by atoms with Gasteiger partial charge >= 0.3 is 18.1 Å². The molecule has 4 heterocycles. The molecule has 1 amide bonds. The summed E-state index contributed by atoms with van der Waals surface area (Å²) in [5, 5.41) is 25.9. The molecule has 0 bridgehead atoms. The second-order valence-corrected chi connectivity index (χ2v) is 8.47. The molecule has 0 saturated carbocycles. The topological polar surface area (TPSA) is 155 Å². The maximum atomic E-state index is 13.3. The van der Waals surface area contributed by atoms with Gasteiger partial charge < -0.3 is 25.2 Å². The molecule has 2 aliphatic heterocycles. The zero-order valence-corrected chi connectivity index (χ0v) is 20.1. The number of aromatic nitrogens is 3. The highest BCUT2D eigenvalue weighted by Crippen LogP contribution is 2.35. The van der Waals surface area contributed by atoms with Crippen LogP contribution in [0.4, 0.5) is 24.8 Å². The molecule has 4 rings (SSSR count). The van der Waals surface area contributed by atoms with Gasteiger partial charge in [-0.3, -0.25) is 4.79 Å². The lowest BCUT2D eigenvalue weighted by Crippen LogP contribution is -2.42. The van der Waals surface area contributed by atoms with Crippen molar-refractivity contribution in [1.29, 1.82) is 0 Å². The van der Waals surface area contributed by atoms with Gasteiger partial charge in [-0.25, -0.2) is 14.6 Å². The molecule has 204 valence electrons. The number of amides is 1. The Morgan fingerprint density at radius 1 is 1.13 bits per heavy atom. The average Bonchev–Trinajstić information content (AvgIpc) is 3.13. The number of hydrogen-bond donors (Lipinski definition) is 3. The van der Waals surface area contributed by atoms with Crippen molar-refractivity contribution in [3.8, 4) is 0 Å². The van der Waals surface area contributed by atoms with Crippen LogP contribution in [0.25, 0.3) is 0 Å². The van der Waals surface area contributed by atoms with Crippen LogP contribution >= 0.6 is 0 Å². The number of pyridine rings is 1. The smallest absolute Gasteiger partial charge is 0.393 e. The standard InChI is InChI=1S/C20H22F3N5O2.C4H4O4/c21-20(22,23)13-3-2-8-28(12-13)18-11-15(14-5-9-30-10-6-16(14)25-18)19(29)26-17-4-1-7-24-27-17;5-3(6)1-2-4(7)8/h1,4,7,11,13H,2-3,5-6,8-10,12H2,(H,26,27,29);1-2H,(H,5,6)(H,7,8)/b;2-1+/t13-;/m0./s1. The van der Waals surface area contributed by atoms with Crippen LogP contribution in [0.5, 0.6) is 0 Å². The van der Waals surface area contributed by atoms with E-state index >= 15 is 0 Å². The van der Waals surface area contributed by atoms with Crippen LogP contribution in [0.3, 0.4) is 0 Å². The molecule has 14 heteroatoms. The summed E-state index contributed by atoms with van der Waals surface area (Å²) in [6, 6.07) is 4.86. The molecular formula is C24H26F3N5O6. The Balaban J connectivity index is 0.000000436. The summed E-state index contributed by atoms with van der Waals surface area (Å²) in [6.07, 6.45) is -0.0832. The summed E-state index contributed by atoms with van der Waals surface area (Å²) in [5.41, 5.74) is 1.85. The number of alkyl halides is 3. The van der Waals surface area contributed by atoms with Gasteiger partial charge in [-0.2, -0.15) is 18.3 Å². The first-order valence-electron chi connectivity index (χ1n) is 11.7. The highest BCUT2D eigenvalue weighted by molar-refractivity contribution is 6.05. The Morgan fingerprint density at radius 2 is 1.84 bits per heavy atom. The number of piperidine rings is 1. The Kier molecular flexibility index (Phi) is 9.71. The SMILES string of the molecule is O=C(Nc1cccnn1)c1cc(N2CCC[C@H](C(F)(F)F)C2)nc2c1CCOCC2.O=C(O)/C=C/C(=O)O. The molecule has 1 atom stereocenters. The van der Waals surface area contributed by atoms with Crippen molar-refractivity contribution in [1.82, 2.24) is 15.2 Å². The number of carboxylic acid groups (broad SMARTS) is 2. The predicted octanol–water partition coefficient (Wildman–Crippen LogP) is 2.73. The van der Waals surface area contributed by atoms with Crippen LogP contribution in [-0.4, -0.2) is 75.7 Å². The minimum Gasteiger partial charge on any atom is -0.478 e. The largest absolute Gasteiger partial charge is 0.478 e. The number of carboxylic acids is 2. The van der Waals surface area contributed by atoms with Gasteiger partial charge in [0.2, 0.25) is 0 Å². The number of fused-ring (bicyclic) bond motifs is 1. The second kappa shape index (κ2) is 12.9. The van der Waals surface area contributed by atoms with Gasteiger partial charge in [0.05, 0.1) is 19.1 Å². The van der Waals surface area contributed by atoms with Crippen molar-refractivity contribution in [3.63, 3.8) is 0 Å². The zero-order valence-electron chi connectivity index (χ0n) is 20.1. The minimum atomic E-state index is -4.25. The maximum absolute atomic E-state index is 13.3. The van der Waals surface area contributed by atoms with E-state index in [-0.39, 0.29) is 18.9 Å². The van der Waals surface area contributed by atoms with Gasteiger partial charge in [0.15, 0.2) is 5.82 Å². The van der Waals surface area contributed by atoms with Crippen molar-refractivity contribution in [2.75, 3.05) is 36.5 Å². The maximum Gasteiger partial charge on any atom is 0.393 e. The highest BCUT2D eigenvalue weighted by atomic mass is 19.4. The van der Waals surface area contributed by atoms with Crippen LogP contribution in [0, 0.1) is 5.92 Å². The molecule has 0 aliphatic carbocycles. The Labute approximate surface area is 215 Å². The summed E-state index contributed by atoms with van der Waals surface area (Å²) in [7, 11) is 0. The molecule has 0 radical (unpaired) electrons. The Bertz CT molecular complexity index is 1160. The lowest BCUT2D eigenvalue weighted by atomic mass is 9.96. The third-order valence-corrected chi connectivity index (χ3v) is 5.81. The summed E-state index contributed by atoms with van der Waals surface area (Å²) in [4.78, 5) is 38.4. The summed E-state index contributed by atoms with van der Waals surface area (Å²) in [5.74, 6) is -3.60. The first kappa shape index (κ1) is 28.5. The molecule has 11 nitrogen and oxygen atoms in total. The number of rotatable bonds is 5. The molecule has 2 aliphatic rings. The molecule has 0 unspecified atom stereocenters. The molecule has 2 aromatic rings.